The van der Waals surface area contributed by atoms with Gasteiger partial charge in [0.15, 0.2) is 5.69 Å². The Morgan fingerprint density at radius 3 is 2.63 bits per heavy atom. The van der Waals surface area contributed by atoms with Crippen molar-refractivity contribution in [1.29, 1.82) is 0 Å². The average Bonchev–Trinajstić information content (AvgIpc) is 2.83. The van der Waals surface area contributed by atoms with E-state index in [2.05, 4.69) is 10.3 Å². The van der Waals surface area contributed by atoms with E-state index < -0.39 is 5.97 Å². The van der Waals surface area contributed by atoms with Crippen molar-refractivity contribution < 1.29 is 9.53 Å². The van der Waals surface area contributed by atoms with Crippen LogP contribution in [0.15, 0.2) is 24.3 Å². The van der Waals surface area contributed by atoms with Gasteiger partial charge in [-0.2, -0.15) is 0 Å². The van der Waals surface area contributed by atoms with Crippen LogP contribution in [0, 0.1) is 0 Å². The molecule has 2 rings (SSSR count). The molecule has 0 aliphatic rings. The Labute approximate surface area is 116 Å². The van der Waals surface area contributed by atoms with Crippen LogP contribution in [-0.4, -0.2) is 28.1 Å². The van der Waals surface area contributed by atoms with Gasteiger partial charge in [-0.15, -0.1) is 5.10 Å². The molecule has 6 heteroatoms. The van der Waals surface area contributed by atoms with Crippen LogP contribution < -0.4 is 0 Å². The highest BCUT2D eigenvalue weighted by molar-refractivity contribution is 6.30. The molecule has 0 bridgehead atoms. The summed E-state index contributed by atoms with van der Waals surface area (Å²) in [5, 5.41) is 8.55. The molecule has 0 N–H and O–H groups in total. The van der Waals surface area contributed by atoms with Crippen LogP contribution in [0.4, 0.5) is 0 Å². The maximum absolute atomic E-state index is 11.7. The lowest BCUT2D eigenvalue weighted by Crippen LogP contribution is -2.06. The summed E-state index contributed by atoms with van der Waals surface area (Å²) in [6.07, 6.45) is 0.893. The largest absolute Gasteiger partial charge is 0.464 e. The van der Waals surface area contributed by atoms with E-state index in [1.807, 2.05) is 19.1 Å². The number of methoxy groups -OCH3 is 1. The fourth-order valence-electron chi connectivity index (χ4n) is 1.81. The Balaban J connectivity index is 2.54. The second-order valence-corrected chi connectivity index (χ2v) is 4.44. The lowest BCUT2D eigenvalue weighted by atomic mass is 10.1. The second kappa shape index (κ2) is 5.84. The van der Waals surface area contributed by atoms with E-state index in [0.717, 1.165) is 12.0 Å². The minimum Gasteiger partial charge on any atom is -0.464 e. The molecule has 100 valence electrons. The van der Waals surface area contributed by atoms with Crippen molar-refractivity contribution in [2.75, 3.05) is 7.11 Å². The maximum Gasteiger partial charge on any atom is 0.360 e. The summed E-state index contributed by atoms with van der Waals surface area (Å²) < 4.78 is 6.44. The van der Waals surface area contributed by atoms with Gasteiger partial charge >= 0.3 is 5.97 Å². The third kappa shape index (κ3) is 2.76. The number of ether oxygens (including phenoxy) is 1. The number of hydrogen-bond donors (Lipinski definition) is 0. The number of benzene rings is 1. The number of carbonyl (C=O) groups excluding carboxylic acids is 1. The maximum atomic E-state index is 11.7. The first-order chi connectivity index (χ1) is 9.17. The van der Waals surface area contributed by atoms with Crippen molar-refractivity contribution in [2.45, 2.75) is 19.9 Å². The van der Waals surface area contributed by atoms with Crippen LogP contribution in [-0.2, 0) is 11.3 Å². The van der Waals surface area contributed by atoms with Gasteiger partial charge in [-0.25, -0.2) is 9.48 Å². The number of esters is 1. The van der Waals surface area contributed by atoms with E-state index in [0.29, 0.717) is 17.3 Å². The Bertz CT molecular complexity index is 578. The smallest absolute Gasteiger partial charge is 0.360 e. The summed E-state index contributed by atoms with van der Waals surface area (Å²) in [5.41, 5.74) is 1.71. The lowest BCUT2D eigenvalue weighted by molar-refractivity contribution is 0.0595. The minimum absolute atomic E-state index is 0.221. The van der Waals surface area contributed by atoms with E-state index in [1.165, 1.54) is 7.11 Å². The molecule has 0 atom stereocenters. The Hall–Kier alpha value is -1.88. The number of rotatable bonds is 4. The van der Waals surface area contributed by atoms with Gasteiger partial charge in [0.1, 0.15) is 5.69 Å². The molecule has 0 radical (unpaired) electrons. The summed E-state index contributed by atoms with van der Waals surface area (Å²) in [4.78, 5) is 11.7. The van der Waals surface area contributed by atoms with Crippen LogP contribution in [0.2, 0.25) is 5.02 Å². The monoisotopic (exact) mass is 279 g/mol. The normalized spacial score (nSPS) is 10.5. The topological polar surface area (TPSA) is 57.0 Å². The fourth-order valence-corrected chi connectivity index (χ4v) is 1.94. The highest BCUT2D eigenvalue weighted by Gasteiger charge is 2.21. The zero-order valence-corrected chi connectivity index (χ0v) is 11.5. The number of hydrogen-bond acceptors (Lipinski definition) is 4. The van der Waals surface area contributed by atoms with Crippen molar-refractivity contribution in [3.8, 4) is 11.3 Å². The van der Waals surface area contributed by atoms with Crippen LogP contribution in [0.1, 0.15) is 23.8 Å². The van der Waals surface area contributed by atoms with Crippen LogP contribution >= 0.6 is 11.6 Å². The van der Waals surface area contributed by atoms with E-state index in [4.69, 9.17) is 16.3 Å². The van der Waals surface area contributed by atoms with Gasteiger partial charge in [-0.3, -0.25) is 0 Å². The first-order valence-electron chi connectivity index (χ1n) is 5.95. The number of carbonyl (C=O) groups is 1. The van der Waals surface area contributed by atoms with Gasteiger partial charge in [0.25, 0.3) is 0 Å². The molecule has 0 amide bonds. The molecule has 0 unspecified atom stereocenters. The number of aromatic nitrogens is 3. The molecule has 1 aromatic carbocycles. The van der Waals surface area contributed by atoms with Gasteiger partial charge in [0, 0.05) is 17.1 Å². The standard InChI is InChI=1S/C13H14ClN3O2/c1-3-8-17-12(9-4-6-10(14)7-5-9)11(15-16-17)13(18)19-2/h4-7H,3,8H2,1-2H3. The third-order valence-electron chi connectivity index (χ3n) is 2.67. The van der Waals surface area contributed by atoms with Crippen LogP contribution in [0.25, 0.3) is 11.3 Å². The molecular weight excluding hydrogens is 266 g/mol. The molecule has 0 spiro atoms. The SMILES string of the molecule is CCCn1nnc(C(=O)OC)c1-c1ccc(Cl)cc1. The predicted molar refractivity (Wildman–Crippen MR) is 72.1 cm³/mol. The summed E-state index contributed by atoms with van der Waals surface area (Å²) in [5.74, 6) is -0.493. The van der Waals surface area contributed by atoms with Gasteiger partial charge in [0.2, 0.25) is 0 Å². The van der Waals surface area contributed by atoms with Crippen molar-refractivity contribution >= 4 is 17.6 Å². The number of aryl methyl sites for hydroxylation is 1. The molecule has 2 aromatic rings. The summed E-state index contributed by atoms with van der Waals surface area (Å²) >= 11 is 5.87. The second-order valence-electron chi connectivity index (χ2n) is 4.01. The van der Waals surface area contributed by atoms with Crippen molar-refractivity contribution in [1.82, 2.24) is 15.0 Å². The number of halogens is 1. The zero-order chi connectivity index (χ0) is 13.8. The van der Waals surface area contributed by atoms with Crippen molar-refractivity contribution in [3.63, 3.8) is 0 Å². The van der Waals surface area contributed by atoms with Crippen molar-refractivity contribution in [3.05, 3.63) is 35.0 Å². The van der Waals surface area contributed by atoms with E-state index in [-0.39, 0.29) is 5.69 Å². The summed E-state index contributed by atoms with van der Waals surface area (Å²) in [6.45, 7) is 2.72. The predicted octanol–water partition coefficient (Wildman–Crippen LogP) is 2.80. The molecule has 0 fully saturated rings. The molecule has 5 nitrogen and oxygen atoms in total. The lowest BCUT2D eigenvalue weighted by Gasteiger charge is -2.06. The van der Waals surface area contributed by atoms with Crippen LogP contribution in [0.5, 0.6) is 0 Å². The molecule has 0 aliphatic heterocycles. The van der Waals surface area contributed by atoms with Gasteiger partial charge in [0.05, 0.1) is 7.11 Å². The van der Waals surface area contributed by atoms with Crippen LogP contribution in [0.3, 0.4) is 0 Å². The fraction of sp³-hybridized carbons (Fsp3) is 0.308. The molecule has 1 heterocycles. The van der Waals surface area contributed by atoms with Gasteiger partial charge in [-0.05, 0) is 18.6 Å². The highest BCUT2D eigenvalue weighted by atomic mass is 35.5. The molecule has 19 heavy (non-hydrogen) atoms. The van der Waals surface area contributed by atoms with E-state index >= 15 is 0 Å². The highest BCUT2D eigenvalue weighted by Crippen LogP contribution is 2.24. The Kier molecular flexibility index (Phi) is 4.16. The molecule has 0 aliphatic carbocycles. The Morgan fingerprint density at radius 2 is 2.05 bits per heavy atom. The van der Waals surface area contributed by atoms with Gasteiger partial charge in [-0.1, -0.05) is 35.9 Å². The van der Waals surface area contributed by atoms with E-state index in [9.17, 15) is 4.79 Å². The Morgan fingerprint density at radius 1 is 1.37 bits per heavy atom. The molecule has 0 saturated carbocycles. The molecule has 1 aromatic heterocycles. The zero-order valence-electron chi connectivity index (χ0n) is 10.8. The van der Waals surface area contributed by atoms with Gasteiger partial charge < -0.3 is 4.74 Å². The molecule has 0 saturated heterocycles. The van der Waals surface area contributed by atoms with E-state index in [1.54, 1.807) is 16.8 Å². The quantitative estimate of drug-likeness (QED) is 0.808. The summed E-state index contributed by atoms with van der Waals surface area (Å²) in [7, 11) is 1.33. The minimum atomic E-state index is -0.493. The molecular formula is C13H14ClN3O2. The first-order valence-corrected chi connectivity index (χ1v) is 6.33. The first kappa shape index (κ1) is 13.5. The number of nitrogens with zero attached hydrogens (tertiary/aromatic N) is 3. The van der Waals surface area contributed by atoms with Crippen molar-refractivity contribution in [2.24, 2.45) is 0 Å². The third-order valence-corrected chi connectivity index (χ3v) is 2.92. The average molecular weight is 280 g/mol. The summed E-state index contributed by atoms with van der Waals surface area (Å²) in [6, 6.07) is 7.20.